The zero-order chi connectivity index (χ0) is 13.8. The zero-order valence-electron chi connectivity index (χ0n) is 10.8. The topological polar surface area (TPSA) is 97.3 Å². The highest BCUT2D eigenvalue weighted by molar-refractivity contribution is 7.18. The standard InChI is InChI=1S/C12H19N5OS/c1-2-5-15-11(18)9-10(14)16-12(19-9)17-6-3-8(13)4-7-17/h2,8H,1,3-7,13-14H2,(H,15,18). The van der Waals surface area contributed by atoms with Gasteiger partial charge in [-0.15, -0.1) is 6.58 Å². The first kappa shape index (κ1) is 13.8. The molecule has 0 aliphatic carbocycles. The van der Waals surface area contributed by atoms with Crippen LogP contribution in [0.1, 0.15) is 22.5 Å². The smallest absolute Gasteiger partial charge is 0.265 e. The molecule has 1 saturated heterocycles. The minimum absolute atomic E-state index is 0.199. The molecule has 0 spiro atoms. The number of carbonyl (C=O) groups excluding carboxylic acids is 1. The molecular weight excluding hydrogens is 262 g/mol. The molecule has 0 radical (unpaired) electrons. The summed E-state index contributed by atoms with van der Waals surface area (Å²) in [4.78, 5) is 18.7. The van der Waals surface area contributed by atoms with E-state index in [0.717, 1.165) is 31.1 Å². The molecule has 0 atom stereocenters. The molecular formula is C12H19N5OS. The highest BCUT2D eigenvalue weighted by atomic mass is 32.1. The maximum absolute atomic E-state index is 11.9. The number of aromatic nitrogens is 1. The van der Waals surface area contributed by atoms with E-state index in [0.29, 0.717) is 11.4 Å². The molecule has 2 heterocycles. The van der Waals surface area contributed by atoms with Crippen LogP contribution in [0, 0.1) is 0 Å². The second kappa shape index (κ2) is 6.03. The Morgan fingerprint density at radius 1 is 1.58 bits per heavy atom. The van der Waals surface area contributed by atoms with E-state index in [1.807, 2.05) is 0 Å². The van der Waals surface area contributed by atoms with Crippen molar-refractivity contribution in [2.75, 3.05) is 30.3 Å². The van der Waals surface area contributed by atoms with Gasteiger partial charge < -0.3 is 21.7 Å². The van der Waals surface area contributed by atoms with E-state index in [9.17, 15) is 4.79 Å². The first-order valence-electron chi connectivity index (χ1n) is 6.27. The third kappa shape index (κ3) is 3.24. The quantitative estimate of drug-likeness (QED) is 0.701. The number of thiazole rings is 1. The second-order valence-corrected chi connectivity index (χ2v) is 5.51. The molecule has 19 heavy (non-hydrogen) atoms. The molecule has 1 fully saturated rings. The number of hydrogen-bond donors (Lipinski definition) is 3. The van der Waals surface area contributed by atoms with E-state index >= 15 is 0 Å². The molecule has 1 aliphatic rings. The Balaban J connectivity index is 2.07. The van der Waals surface area contributed by atoms with E-state index < -0.39 is 0 Å². The lowest BCUT2D eigenvalue weighted by molar-refractivity contribution is 0.0962. The van der Waals surface area contributed by atoms with Crippen molar-refractivity contribution in [2.24, 2.45) is 5.73 Å². The average molecular weight is 281 g/mol. The van der Waals surface area contributed by atoms with Gasteiger partial charge >= 0.3 is 0 Å². The number of nitrogen functional groups attached to an aromatic ring is 1. The summed E-state index contributed by atoms with van der Waals surface area (Å²) in [6.07, 6.45) is 3.51. The number of nitrogens with one attached hydrogen (secondary N) is 1. The van der Waals surface area contributed by atoms with Gasteiger partial charge in [0.05, 0.1) is 0 Å². The van der Waals surface area contributed by atoms with Crippen molar-refractivity contribution in [3.8, 4) is 0 Å². The lowest BCUT2D eigenvalue weighted by Gasteiger charge is -2.29. The van der Waals surface area contributed by atoms with Crippen molar-refractivity contribution < 1.29 is 4.79 Å². The van der Waals surface area contributed by atoms with Crippen molar-refractivity contribution in [1.29, 1.82) is 0 Å². The lowest BCUT2D eigenvalue weighted by atomic mass is 10.1. The van der Waals surface area contributed by atoms with Gasteiger partial charge in [0.15, 0.2) is 5.13 Å². The number of rotatable bonds is 4. The highest BCUT2D eigenvalue weighted by Gasteiger charge is 2.22. The molecule has 104 valence electrons. The molecule has 0 bridgehead atoms. The Bertz CT molecular complexity index is 465. The minimum Gasteiger partial charge on any atom is -0.382 e. The molecule has 5 N–H and O–H groups in total. The normalized spacial score (nSPS) is 16.4. The maximum Gasteiger partial charge on any atom is 0.265 e. The Morgan fingerprint density at radius 2 is 2.26 bits per heavy atom. The van der Waals surface area contributed by atoms with Gasteiger partial charge in [-0.2, -0.15) is 0 Å². The Kier molecular flexibility index (Phi) is 4.39. The van der Waals surface area contributed by atoms with E-state index in [2.05, 4.69) is 21.8 Å². The number of anilines is 2. The summed E-state index contributed by atoms with van der Waals surface area (Å²) in [5.41, 5.74) is 11.7. The number of amides is 1. The van der Waals surface area contributed by atoms with Crippen molar-refractivity contribution >= 4 is 28.2 Å². The van der Waals surface area contributed by atoms with E-state index in [4.69, 9.17) is 11.5 Å². The third-order valence-corrected chi connectivity index (χ3v) is 4.20. The van der Waals surface area contributed by atoms with E-state index in [1.54, 1.807) is 6.08 Å². The van der Waals surface area contributed by atoms with Crippen LogP contribution in [0.3, 0.4) is 0 Å². The SMILES string of the molecule is C=CCNC(=O)c1sc(N2CCC(N)CC2)nc1N. The lowest BCUT2D eigenvalue weighted by Crippen LogP contribution is -2.39. The molecule has 0 unspecified atom stereocenters. The highest BCUT2D eigenvalue weighted by Crippen LogP contribution is 2.29. The Labute approximate surface area is 116 Å². The summed E-state index contributed by atoms with van der Waals surface area (Å²) >= 11 is 1.33. The molecule has 1 aromatic heterocycles. The summed E-state index contributed by atoms with van der Waals surface area (Å²) < 4.78 is 0. The molecule has 0 aromatic carbocycles. The van der Waals surface area contributed by atoms with Crippen LogP contribution in [-0.4, -0.2) is 36.6 Å². The summed E-state index contributed by atoms with van der Waals surface area (Å²) in [6, 6.07) is 0.268. The van der Waals surface area contributed by atoms with Gasteiger partial charge in [-0.05, 0) is 12.8 Å². The van der Waals surface area contributed by atoms with E-state index in [1.165, 1.54) is 11.3 Å². The monoisotopic (exact) mass is 281 g/mol. The summed E-state index contributed by atoms with van der Waals surface area (Å²) in [6.45, 7) is 5.70. The van der Waals surface area contributed by atoms with Crippen molar-refractivity contribution in [2.45, 2.75) is 18.9 Å². The number of nitrogens with two attached hydrogens (primary N) is 2. The van der Waals surface area contributed by atoms with Crippen LogP contribution in [0.25, 0.3) is 0 Å². The molecule has 2 rings (SSSR count). The molecule has 1 amide bonds. The van der Waals surface area contributed by atoms with Crippen molar-refractivity contribution in [3.63, 3.8) is 0 Å². The van der Waals surface area contributed by atoms with Gasteiger partial charge in [-0.3, -0.25) is 4.79 Å². The summed E-state index contributed by atoms with van der Waals surface area (Å²) in [5.74, 6) is 0.0892. The van der Waals surface area contributed by atoms with E-state index in [-0.39, 0.29) is 17.8 Å². The number of hydrogen-bond acceptors (Lipinski definition) is 6. The largest absolute Gasteiger partial charge is 0.382 e. The molecule has 7 heteroatoms. The fraction of sp³-hybridized carbons (Fsp3) is 0.500. The summed E-state index contributed by atoms with van der Waals surface area (Å²) in [7, 11) is 0. The van der Waals surface area contributed by atoms with Gasteiger partial charge in [0.25, 0.3) is 5.91 Å². The number of nitrogens with zero attached hydrogens (tertiary/aromatic N) is 2. The number of piperidine rings is 1. The second-order valence-electron chi connectivity index (χ2n) is 4.53. The average Bonchev–Trinajstić information content (AvgIpc) is 2.79. The van der Waals surface area contributed by atoms with Crippen molar-refractivity contribution in [3.05, 3.63) is 17.5 Å². The van der Waals surface area contributed by atoms with Crippen LogP contribution >= 0.6 is 11.3 Å². The number of carbonyl (C=O) groups is 1. The van der Waals surface area contributed by atoms with Crippen LogP contribution in [0.15, 0.2) is 12.7 Å². The molecule has 6 nitrogen and oxygen atoms in total. The van der Waals surface area contributed by atoms with Gasteiger partial charge in [0, 0.05) is 25.7 Å². The molecule has 0 saturated carbocycles. The fourth-order valence-corrected chi connectivity index (χ4v) is 2.91. The predicted molar refractivity (Wildman–Crippen MR) is 78.5 cm³/mol. The van der Waals surface area contributed by atoms with Crippen molar-refractivity contribution in [1.82, 2.24) is 10.3 Å². The maximum atomic E-state index is 11.9. The van der Waals surface area contributed by atoms with Crippen LogP contribution in [0.4, 0.5) is 10.9 Å². The van der Waals surface area contributed by atoms with Crippen LogP contribution in [0.5, 0.6) is 0 Å². The Hall–Kier alpha value is -1.60. The first-order chi connectivity index (χ1) is 9.11. The molecule has 1 aromatic rings. The summed E-state index contributed by atoms with van der Waals surface area (Å²) in [5, 5.41) is 3.51. The Morgan fingerprint density at radius 3 is 2.89 bits per heavy atom. The van der Waals surface area contributed by atoms with Crippen LogP contribution in [-0.2, 0) is 0 Å². The third-order valence-electron chi connectivity index (χ3n) is 3.07. The van der Waals surface area contributed by atoms with Gasteiger partial charge in [0.2, 0.25) is 0 Å². The van der Waals surface area contributed by atoms with Gasteiger partial charge in [0.1, 0.15) is 10.7 Å². The van der Waals surface area contributed by atoms with Crippen LogP contribution < -0.4 is 21.7 Å². The minimum atomic E-state index is -0.199. The first-order valence-corrected chi connectivity index (χ1v) is 7.09. The van der Waals surface area contributed by atoms with Gasteiger partial charge in [-0.1, -0.05) is 17.4 Å². The molecule has 1 aliphatic heterocycles. The van der Waals surface area contributed by atoms with Gasteiger partial charge in [-0.25, -0.2) is 4.98 Å². The fourth-order valence-electron chi connectivity index (χ4n) is 1.95. The predicted octanol–water partition coefficient (Wildman–Crippen LogP) is 0.569. The zero-order valence-corrected chi connectivity index (χ0v) is 11.6. The van der Waals surface area contributed by atoms with Crippen LogP contribution in [0.2, 0.25) is 0 Å².